The van der Waals surface area contributed by atoms with Crippen LogP contribution < -0.4 is 4.74 Å². The smallest absolute Gasteiger partial charge is 0.130 e. The fraction of sp³-hybridized carbons (Fsp3) is 0.158. The highest BCUT2D eigenvalue weighted by Crippen LogP contribution is 2.21. The fourth-order valence-electron chi connectivity index (χ4n) is 2.16. The molecule has 0 saturated carbocycles. The number of rotatable bonds is 4. The van der Waals surface area contributed by atoms with Crippen LogP contribution in [0.2, 0.25) is 5.02 Å². The summed E-state index contributed by atoms with van der Waals surface area (Å²) in [6, 6.07) is 14.9. The van der Waals surface area contributed by atoms with E-state index in [4.69, 9.17) is 26.9 Å². The van der Waals surface area contributed by atoms with Crippen LogP contribution in [0, 0.1) is 36.5 Å². The molecule has 2 aromatic carbocycles. The maximum absolute atomic E-state index is 8.90. The molecular formula is C19H15ClN2O. The Hall–Kier alpha value is -2.75. The monoisotopic (exact) mass is 322 g/mol. The van der Waals surface area contributed by atoms with Gasteiger partial charge in [0, 0.05) is 5.02 Å². The van der Waals surface area contributed by atoms with Gasteiger partial charge in [-0.05, 0) is 72.5 Å². The lowest BCUT2D eigenvalue weighted by Gasteiger charge is -2.12. The Morgan fingerprint density at radius 2 is 1.74 bits per heavy atom. The van der Waals surface area contributed by atoms with Crippen molar-refractivity contribution in [2.45, 2.75) is 20.5 Å². The van der Waals surface area contributed by atoms with Crippen LogP contribution in [0.3, 0.4) is 0 Å². The molecule has 0 aromatic heterocycles. The van der Waals surface area contributed by atoms with Crippen LogP contribution in [0.25, 0.3) is 6.08 Å². The van der Waals surface area contributed by atoms with Gasteiger partial charge >= 0.3 is 0 Å². The Balaban J connectivity index is 2.25. The fourth-order valence-corrected chi connectivity index (χ4v) is 2.29. The Bertz CT molecular complexity index is 808. The third-order valence-corrected chi connectivity index (χ3v) is 3.73. The first-order valence-electron chi connectivity index (χ1n) is 7.04. The Labute approximate surface area is 141 Å². The van der Waals surface area contributed by atoms with E-state index in [-0.39, 0.29) is 5.57 Å². The van der Waals surface area contributed by atoms with Crippen LogP contribution in [0.1, 0.15) is 22.3 Å². The largest absolute Gasteiger partial charge is 0.489 e. The van der Waals surface area contributed by atoms with Crippen LogP contribution in [-0.2, 0) is 6.61 Å². The Kier molecular flexibility index (Phi) is 5.41. The second-order valence-corrected chi connectivity index (χ2v) is 5.60. The van der Waals surface area contributed by atoms with Crippen LogP contribution in [-0.4, -0.2) is 0 Å². The summed E-state index contributed by atoms with van der Waals surface area (Å²) in [5.41, 5.74) is 4.06. The van der Waals surface area contributed by atoms with Crippen molar-refractivity contribution in [3.63, 3.8) is 0 Å². The first-order valence-corrected chi connectivity index (χ1v) is 7.41. The van der Waals surface area contributed by atoms with E-state index in [0.717, 1.165) is 28.0 Å². The minimum atomic E-state index is 0.0847. The van der Waals surface area contributed by atoms with E-state index in [2.05, 4.69) is 0 Å². The molecule has 0 saturated heterocycles. The average molecular weight is 323 g/mol. The Morgan fingerprint density at radius 3 is 2.35 bits per heavy atom. The van der Waals surface area contributed by atoms with Crippen molar-refractivity contribution < 1.29 is 4.74 Å². The number of aryl methyl sites for hydroxylation is 2. The molecule has 0 heterocycles. The lowest BCUT2D eigenvalue weighted by molar-refractivity contribution is 0.305. The predicted molar refractivity (Wildman–Crippen MR) is 90.9 cm³/mol. The van der Waals surface area contributed by atoms with Gasteiger partial charge in [-0.3, -0.25) is 0 Å². The van der Waals surface area contributed by atoms with Crippen molar-refractivity contribution >= 4 is 17.7 Å². The van der Waals surface area contributed by atoms with Gasteiger partial charge in [0.15, 0.2) is 0 Å². The SMILES string of the molecule is Cc1cc(C)c(COc2ccc(Cl)cc2)cc1C=C(C#N)C#N. The number of ether oxygens (including phenoxy) is 1. The van der Waals surface area contributed by atoms with E-state index in [1.54, 1.807) is 18.2 Å². The Morgan fingerprint density at radius 1 is 1.09 bits per heavy atom. The average Bonchev–Trinajstić information content (AvgIpc) is 2.54. The summed E-state index contributed by atoms with van der Waals surface area (Å²) in [5.74, 6) is 0.737. The quantitative estimate of drug-likeness (QED) is 0.747. The minimum absolute atomic E-state index is 0.0847. The van der Waals surface area contributed by atoms with E-state index in [1.807, 2.05) is 50.3 Å². The molecule has 0 fully saturated rings. The van der Waals surface area contributed by atoms with Crippen molar-refractivity contribution in [1.29, 1.82) is 10.5 Å². The molecule has 2 aromatic rings. The van der Waals surface area contributed by atoms with Crippen molar-refractivity contribution in [1.82, 2.24) is 0 Å². The van der Waals surface area contributed by atoms with Crippen molar-refractivity contribution in [2.24, 2.45) is 0 Å². The molecule has 0 bridgehead atoms. The molecule has 3 nitrogen and oxygen atoms in total. The number of hydrogen-bond acceptors (Lipinski definition) is 3. The molecule has 0 aliphatic carbocycles. The normalized spacial score (nSPS) is 9.61. The summed E-state index contributed by atoms with van der Waals surface area (Å²) in [4.78, 5) is 0. The van der Waals surface area contributed by atoms with E-state index in [9.17, 15) is 0 Å². The third-order valence-electron chi connectivity index (χ3n) is 3.47. The van der Waals surface area contributed by atoms with Crippen molar-refractivity contribution in [3.05, 3.63) is 69.2 Å². The zero-order valence-electron chi connectivity index (χ0n) is 12.9. The lowest BCUT2D eigenvalue weighted by atomic mass is 9.99. The molecule has 23 heavy (non-hydrogen) atoms. The number of halogens is 1. The summed E-state index contributed by atoms with van der Waals surface area (Å²) < 4.78 is 5.77. The van der Waals surface area contributed by atoms with Gasteiger partial charge in [-0.25, -0.2) is 0 Å². The van der Waals surface area contributed by atoms with Gasteiger partial charge in [0.25, 0.3) is 0 Å². The van der Waals surface area contributed by atoms with Crippen molar-refractivity contribution in [3.8, 4) is 17.9 Å². The summed E-state index contributed by atoms with van der Waals surface area (Å²) in [6.07, 6.45) is 1.60. The molecule has 0 aliphatic rings. The van der Waals surface area contributed by atoms with E-state index in [0.29, 0.717) is 11.6 Å². The van der Waals surface area contributed by atoms with Crippen LogP contribution in [0.4, 0.5) is 0 Å². The molecule has 0 unspecified atom stereocenters. The zero-order valence-corrected chi connectivity index (χ0v) is 13.7. The van der Waals surface area contributed by atoms with Gasteiger partial charge in [0.1, 0.15) is 30.1 Å². The summed E-state index contributed by atoms with van der Waals surface area (Å²) in [6.45, 7) is 4.37. The second kappa shape index (κ2) is 7.49. The van der Waals surface area contributed by atoms with Gasteiger partial charge in [-0.2, -0.15) is 10.5 Å². The number of hydrogen-bond donors (Lipinski definition) is 0. The minimum Gasteiger partial charge on any atom is -0.489 e. The maximum Gasteiger partial charge on any atom is 0.130 e. The summed E-state index contributed by atoms with van der Waals surface area (Å²) in [7, 11) is 0. The molecule has 2 rings (SSSR count). The molecule has 0 amide bonds. The summed E-state index contributed by atoms with van der Waals surface area (Å²) >= 11 is 5.85. The van der Waals surface area contributed by atoms with E-state index in [1.165, 1.54) is 0 Å². The van der Waals surface area contributed by atoms with Crippen LogP contribution >= 0.6 is 11.6 Å². The van der Waals surface area contributed by atoms with Gasteiger partial charge < -0.3 is 4.74 Å². The van der Waals surface area contributed by atoms with E-state index < -0.39 is 0 Å². The van der Waals surface area contributed by atoms with Gasteiger partial charge in [-0.1, -0.05) is 17.7 Å². The lowest BCUT2D eigenvalue weighted by Crippen LogP contribution is -2.00. The standard InChI is InChI=1S/C19H15ClN2O/c1-13-7-14(2)17(9-16(13)8-15(10-21)11-22)12-23-19-5-3-18(20)4-6-19/h3-9H,12H2,1-2H3. The first kappa shape index (κ1) is 16.6. The van der Waals surface area contributed by atoms with Crippen molar-refractivity contribution in [2.75, 3.05) is 0 Å². The second-order valence-electron chi connectivity index (χ2n) is 5.16. The number of nitriles is 2. The molecule has 114 valence electrons. The molecule has 0 atom stereocenters. The van der Waals surface area contributed by atoms with E-state index >= 15 is 0 Å². The zero-order chi connectivity index (χ0) is 16.8. The molecule has 0 aliphatic heterocycles. The third kappa shape index (κ3) is 4.36. The van der Waals surface area contributed by atoms with Crippen LogP contribution in [0.5, 0.6) is 5.75 Å². The van der Waals surface area contributed by atoms with Gasteiger partial charge in [0.05, 0.1) is 0 Å². The highest BCUT2D eigenvalue weighted by atomic mass is 35.5. The highest BCUT2D eigenvalue weighted by molar-refractivity contribution is 6.30. The molecule has 0 spiro atoms. The highest BCUT2D eigenvalue weighted by Gasteiger charge is 2.06. The number of nitrogens with zero attached hydrogens (tertiary/aromatic N) is 2. The summed E-state index contributed by atoms with van der Waals surface area (Å²) in [5, 5.41) is 18.5. The number of benzene rings is 2. The maximum atomic E-state index is 8.90. The molecule has 0 radical (unpaired) electrons. The molecular weight excluding hydrogens is 308 g/mol. The first-order chi connectivity index (χ1) is 11.0. The molecule has 0 N–H and O–H groups in total. The molecule has 4 heteroatoms. The topological polar surface area (TPSA) is 56.8 Å². The van der Waals surface area contributed by atoms with Crippen LogP contribution in [0.15, 0.2) is 42.0 Å². The van der Waals surface area contributed by atoms with Gasteiger partial charge in [0.2, 0.25) is 0 Å². The number of allylic oxidation sites excluding steroid dienone is 1. The predicted octanol–water partition coefficient (Wildman–Crippen LogP) is 4.97. The van der Waals surface area contributed by atoms with Gasteiger partial charge in [-0.15, -0.1) is 0 Å².